The summed E-state index contributed by atoms with van der Waals surface area (Å²) in [5.41, 5.74) is 11.3. The summed E-state index contributed by atoms with van der Waals surface area (Å²) in [4.78, 5) is 20.3. The van der Waals surface area contributed by atoms with Gasteiger partial charge in [0, 0.05) is 38.4 Å². The van der Waals surface area contributed by atoms with Gasteiger partial charge in [-0.25, -0.2) is 19.9 Å². The number of hydrogen-bond acceptors (Lipinski definition) is 6. The Balaban J connectivity index is 0.981. The predicted octanol–water partition coefficient (Wildman–Crippen LogP) is 14.2. The first-order chi connectivity index (χ1) is 29.7. The molecule has 9 aromatic carbocycles. The second-order valence-electron chi connectivity index (χ2n) is 15.0. The van der Waals surface area contributed by atoms with E-state index >= 15 is 0 Å². The highest BCUT2D eigenvalue weighted by atomic mass is 16.3. The number of oxazole rings is 1. The number of rotatable bonds is 6. The zero-order valence-electron chi connectivity index (χ0n) is 32.1. The topological polar surface area (TPSA) is 77.8 Å². The van der Waals surface area contributed by atoms with E-state index < -0.39 is 0 Å². The van der Waals surface area contributed by atoms with Crippen LogP contribution < -0.4 is 0 Å². The van der Waals surface area contributed by atoms with Gasteiger partial charge in [-0.2, -0.15) is 0 Å². The molecule has 60 heavy (non-hydrogen) atoms. The second-order valence-corrected chi connectivity index (χ2v) is 15.0. The molecular formula is C54H32N4O2. The smallest absolute Gasteiger partial charge is 0.227 e. The summed E-state index contributed by atoms with van der Waals surface area (Å²) in [7, 11) is 0. The minimum absolute atomic E-state index is 0.586. The van der Waals surface area contributed by atoms with E-state index in [4.69, 9.17) is 28.8 Å². The Labute approximate surface area is 344 Å². The van der Waals surface area contributed by atoms with Gasteiger partial charge in [0.15, 0.2) is 23.1 Å². The summed E-state index contributed by atoms with van der Waals surface area (Å²) in [5, 5.41) is 6.29. The van der Waals surface area contributed by atoms with E-state index in [2.05, 4.69) is 121 Å². The summed E-state index contributed by atoms with van der Waals surface area (Å²) >= 11 is 0. The third kappa shape index (κ3) is 5.65. The van der Waals surface area contributed by atoms with Crippen LogP contribution >= 0.6 is 0 Å². The van der Waals surface area contributed by atoms with Gasteiger partial charge < -0.3 is 8.83 Å². The lowest BCUT2D eigenvalue weighted by Crippen LogP contribution is -2.00. The van der Waals surface area contributed by atoms with E-state index in [1.54, 1.807) is 0 Å². The first-order valence-electron chi connectivity index (χ1n) is 20.0. The third-order valence-electron chi connectivity index (χ3n) is 11.4. The number of furan rings is 1. The molecule has 0 spiro atoms. The van der Waals surface area contributed by atoms with Gasteiger partial charge in [-0.3, -0.25) is 0 Å². The zero-order chi connectivity index (χ0) is 39.6. The van der Waals surface area contributed by atoms with E-state index in [1.807, 2.05) is 72.8 Å². The van der Waals surface area contributed by atoms with Gasteiger partial charge >= 0.3 is 0 Å². The van der Waals surface area contributed by atoms with Crippen molar-refractivity contribution in [3.8, 4) is 67.9 Å². The minimum Gasteiger partial charge on any atom is -0.456 e. The molecule has 0 N–H and O–H groups in total. The average Bonchev–Trinajstić information content (AvgIpc) is 3.94. The van der Waals surface area contributed by atoms with Crippen molar-refractivity contribution in [2.75, 3.05) is 0 Å². The van der Waals surface area contributed by atoms with Crippen molar-refractivity contribution >= 4 is 54.6 Å². The Kier molecular flexibility index (Phi) is 7.74. The van der Waals surface area contributed by atoms with Crippen LogP contribution in [0, 0.1) is 0 Å². The molecule has 6 nitrogen and oxygen atoms in total. The molecular weight excluding hydrogens is 737 g/mol. The molecule has 12 aromatic rings. The largest absolute Gasteiger partial charge is 0.456 e. The van der Waals surface area contributed by atoms with Crippen molar-refractivity contribution in [1.29, 1.82) is 0 Å². The zero-order valence-corrected chi connectivity index (χ0v) is 32.1. The van der Waals surface area contributed by atoms with Gasteiger partial charge in [0.1, 0.15) is 16.7 Å². The standard InChI is InChI=1S/C54H32N4O2/c1-3-12-33(13-4-1)34-24-26-37(27-25-34)54-55-45-31-29-35-16-9-20-42(48(35)50(45)60-54)41-19-10-17-38-32-39(28-30-40(38)41)52-56-51(36-14-5-2-6-15-36)57-53(58-52)44-21-11-23-47-49(44)43-18-7-8-22-46(43)59-47/h1-32H. The third-order valence-corrected chi connectivity index (χ3v) is 11.4. The van der Waals surface area contributed by atoms with Crippen molar-refractivity contribution in [3.05, 3.63) is 194 Å². The fourth-order valence-corrected chi connectivity index (χ4v) is 8.50. The van der Waals surface area contributed by atoms with Gasteiger partial charge in [-0.1, -0.05) is 158 Å². The molecule has 3 aromatic heterocycles. The first-order valence-corrected chi connectivity index (χ1v) is 20.0. The molecule has 0 atom stereocenters. The van der Waals surface area contributed by atoms with Crippen molar-refractivity contribution < 1.29 is 8.83 Å². The summed E-state index contributed by atoms with van der Waals surface area (Å²) in [6, 6.07) is 66.5. The lowest BCUT2D eigenvalue weighted by Gasteiger charge is -2.12. The second kappa shape index (κ2) is 13.7. The van der Waals surface area contributed by atoms with Gasteiger partial charge in [-0.05, 0) is 74.8 Å². The first kappa shape index (κ1) is 33.9. The molecule has 0 radical (unpaired) electrons. The fraction of sp³-hybridized carbons (Fsp3) is 0. The highest BCUT2D eigenvalue weighted by molar-refractivity contribution is 6.15. The number of benzene rings is 9. The van der Waals surface area contributed by atoms with E-state index in [0.29, 0.717) is 23.4 Å². The van der Waals surface area contributed by atoms with Gasteiger partial charge in [0.05, 0.1) is 0 Å². The van der Waals surface area contributed by atoms with Crippen LogP contribution in [-0.4, -0.2) is 19.9 Å². The predicted molar refractivity (Wildman–Crippen MR) is 242 cm³/mol. The Bertz CT molecular complexity index is 3590. The maximum atomic E-state index is 6.67. The molecule has 0 aliphatic rings. The van der Waals surface area contributed by atoms with Crippen LogP contribution in [0.3, 0.4) is 0 Å². The van der Waals surface area contributed by atoms with E-state index in [9.17, 15) is 0 Å². The Morgan fingerprint density at radius 2 is 0.933 bits per heavy atom. The quantitative estimate of drug-likeness (QED) is 0.168. The minimum atomic E-state index is 0.586. The number of nitrogens with zero attached hydrogens (tertiary/aromatic N) is 4. The van der Waals surface area contributed by atoms with Gasteiger partial charge in [0.25, 0.3) is 0 Å². The molecule has 0 aliphatic heterocycles. The molecule has 0 bridgehead atoms. The highest BCUT2D eigenvalue weighted by Gasteiger charge is 2.20. The SMILES string of the molecule is c1ccc(-c2ccc(-c3nc4ccc5cccc(-c6cccc7cc(-c8nc(-c9ccccc9)nc(-c9cccc%10oc%11ccccc%11c9%10)n8)ccc67)c5c4o3)cc2)cc1. The van der Waals surface area contributed by atoms with Crippen molar-refractivity contribution in [1.82, 2.24) is 19.9 Å². The van der Waals surface area contributed by atoms with Crippen LogP contribution in [0.25, 0.3) is 122 Å². The Morgan fingerprint density at radius 1 is 0.317 bits per heavy atom. The number of para-hydroxylation sites is 1. The molecule has 280 valence electrons. The van der Waals surface area contributed by atoms with Crippen molar-refractivity contribution in [3.63, 3.8) is 0 Å². The maximum Gasteiger partial charge on any atom is 0.227 e. The molecule has 0 unspecified atom stereocenters. The molecule has 6 heteroatoms. The van der Waals surface area contributed by atoms with E-state index in [0.717, 1.165) is 93.5 Å². The lowest BCUT2D eigenvalue weighted by atomic mass is 9.93. The van der Waals surface area contributed by atoms with Gasteiger partial charge in [-0.15, -0.1) is 0 Å². The van der Waals surface area contributed by atoms with E-state index in [1.165, 1.54) is 5.56 Å². The molecule has 0 saturated carbocycles. The van der Waals surface area contributed by atoms with Crippen LogP contribution in [0.2, 0.25) is 0 Å². The molecule has 0 aliphatic carbocycles. The summed E-state index contributed by atoms with van der Waals surface area (Å²) in [5.74, 6) is 2.38. The summed E-state index contributed by atoms with van der Waals surface area (Å²) in [6.45, 7) is 0. The number of fused-ring (bicyclic) bond motifs is 7. The maximum absolute atomic E-state index is 6.67. The average molecular weight is 769 g/mol. The van der Waals surface area contributed by atoms with Crippen molar-refractivity contribution in [2.45, 2.75) is 0 Å². The Morgan fingerprint density at radius 3 is 1.77 bits per heavy atom. The Hall–Kier alpha value is -8.22. The van der Waals surface area contributed by atoms with Crippen LogP contribution in [0.15, 0.2) is 203 Å². The van der Waals surface area contributed by atoms with Crippen LogP contribution in [0.1, 0.15) is 0 Å². The lowest BCUT2D eigenvalue weighted by molar-refractivity contribution is 0.623. The number of hydrogen-bond donors (Lipinski definition) is 0. The molecule has 3 heterocycles. The normalized spacial score (nSPS) is 11.7. The van der Waals surface area contributed by atoms with Crippen molar-refractivity contribution in [2.24, 2.45) is 0 Å². The highest BCUT2D eigenvalue weighted by Crippen LogP contribution is 2.41. The molecule has 0 fully saturated rings. The van der Waals surface area contributed by atoms with Crippen LogP contribution in [-0.2, 0) is 0 Å². The fourth-order valence-electron chi connectivity index (χ4n) is 8.50. The molecule has 12 rings (SSSR count). The number of aromatic nitrogens is 4. The van der Waals surface area contributed by atoms with E-state index in [-0.39, 0.29) is 0 Å². The molecule has 0 amide bonds. The van der Waals surface area contributed by atoms with Gasteiger partial charge in [0.2, 0.25) is 5.89 Å². The van der Waals surface area contributed by atoms with Crippen LogP contribution in [0.5, 0.6) is 0 Å². The summed E-state index contributed by atoms with van der Waals surface area (Å²) < 4.78 is 12.9. The molecule has 0 saturated heterocycles. The van der Waals surface area contributed by atoms with Crippen LogP contribution in [0.4, 0.5) is 0 Å². The summed E-state index contributed by atoms with van der Waals surface area (Å²) in [6.07, 6.45) is 0. The monoisotopic (exact) mass is 768 g/mol.